The number of para-hydroxylation sites is 1. The van der Waals surface area contributed by atoms with Gasteiger partial charge in [0, 0.05) is 28.8 Å². The van der Waals surface area contributed by atoms with E-state index in [0.717, 1.165) is 33.2 Å². The van der Waals surface area contributed by atoms with Crippen molar-refractivity contribution in [3.05, 3.63) is 132 Å². The lowest BCUT2D eigenvalue weighted by Gasteiger charge is -2.40. The van der Waals surface area contributed by atoms with Crippen molar-refractivity contribution in [2.75, 3.05) is 0 Å². The van der Waals surface area contributed by atoms with Crippen molar-refractivity contribution in [2.24, 2.45) is 9.98 Å². The number of fused-ring (bicyclic) bond motifs is 11. The lowest BCUT2D eigenvalue weighted by molar-refractivity contribution is 0.398. The molecule has 0 saturated heterocycles. The third-order valence-corrected chi connectivity index (χ3v) is 9.18. The van der Waals surface area contributed by atoms with Gasteiger partial charge in [-0.05, 0) is 74.8 Å². The average molecular weight is 539 g/mol. The lowest BCUT2D eigenvalue weighted by Crippen LogP contribution is -2.33. The van der Waals surface area contributed by atoms with Crippen LogP contribution >= 0.6 is 0 Å². The van der Waals surface area contributed by atoms with E-state index in [2.05, 4.69) is 128 Å². The molecule has 3 heteroatoms. The van der Waals surface area contributed by atoms with E-state index in [9.17, 15) is 0 Å². The van der Waals surface area contributed by atoms with Gasteiger partial charge in [-0.15, -0.1) is 0 Å². The fraction of sp³-hybridized carbons (Fsp3) is 0.0769. The third-order valence-electron chi connectivity index (χ3n) is 9.18. The molecule has 42 heavy (non-hydrogen) atoms. The Bertz CT molecular complexity index is 2290. The molecular formula is C39H26N2O. The Labute approximate surface area is 243 Å². The number of hydrogen-bond acceptors (Lipinski definition) is 3. The predicted molar refractivity (Wildman–Crippen MR) is 175 cm³/mol. The molecule has 2 atom stereocenters. The van der Waals surface area contributed by atoms with Crippen LogP contribution in [0.4, 0.5) is 0 Å². The zero-order valence-electron chi connectivity index (χ0n) is 23.1. The SMILES string of the molecule is CC12N=CC=NC1c1ccccc1-c1ccc(-c3cccc(-c4cccc5c4oc4ccc6ccccc6c45)c3)cc12. The van der Waals surface area contributed by atoms with E-state index in [4.69, 9.17) is 14.4 Å². The Kier molecular flexibility index (Phi) is 4.80. The quantitative estimate of drug-likeness (QED) is 0.216. The van der Waals surface area contributed by atoms with E-state index in [1.165, 1.54) is 44.0 Å². The third kappa shape index (κ3) is 3.22. The van der Waals surface area contributed by atoms with Gasteiger partial charge in [-0.1, -0.05) is 103 Å². The van der Waals surface area contributed by atoms with Crippen molar-refractivity contribution in [3.8, 4) is 33.4 Å². The standard InChI is InChI=1S/C39H26N2O/c1-39-34-23-26(16-18-31(34)30-12-4-5-13-32(30)38(39)40-20-21-41-39)25-9-6-10-27(22-25)29-14-7-15-33-36-28-11-3-2-8-24(28)17-19-35(36)42-37(29)33/h2-23,38H,1H3. The first-order valence-corrected chi connectivity index (χ1v) is 14.4. The van der Waals surface area contributed by atoms with E-state index in [0.29, 0.717) is 0 Å². The zero-order chi connectivity index (χ0) is 27.8. The van der Waals surface area contributed by atoms with E-state index in [1.807, 2.05) is 12.4 Å². The van der Waals surface area contributed by atoms with Gasteiger partial charge in [-0.25, -0.2) is 0 Å². The van der Waals surface area contributed by atoms with Crippen molar-refractivity contribution in [1.29, 1.82) is 0 Å². The first-order chi connectivity index (χ1) is 20.7. The van der Waals surface area contributed by atoms with E-state index < -0.39 is 5.54 Å². The van der Waals surface area contributed by atoms with Crippen LogP contribution < -0.4 is 0 Å². The normalized spacial score (nSPS) is 18.7. The molecule has 7 aromatic rings. The molecule has 0 bridgehead atoms. The summed E-state index contributed by atoms with van der Waals surface area (Å²) in [5.74, 6) is 0. The Morgan fingerprint density at radius 1 is 0.619 bits per heavy atom. The molecule has 2 heterocycles. The summed E-state index contributed by atoms with van der Waals surface area (Å²) in [6, 6.07) is 43.4. The molecule has 0 radical (unpaired) electrons. The largest absolute Gasteiger partial charge is 0.455 e. The molecule has 9 rings (SSSR count). The number of furan rings is 1. The summed E-state index contributed by atoms with van der Waals surface area (Å²) in [5.41, 5.74) is 10.9. The molecule has 0 fully saturated rings. The minimum absolute atomic E-state index is 0.0328. The summed E-state index contributed by atoms with van der Waals surface area (Å²) < 4.78 is 6.54. The van der Waals surface area contributed by atoms with Crippen LogP contribution in [0.1, 0.15) is 24.1 Å². The van der Waals surface area contributed by atoms with Gasteiger partial charge in [0.2, 0.25) is 0 Å². The average Bonchev–Trinajstić information content (AvgIpc) is 3.44. The molecule has 2 aliphatic rings. The Hall–Kier alpha value is -5.28. The van der Waals surface area contributed by atoms with E-state index >= 15 is 0 Å². The molecule has 3 nitrogen and oxygen atoms in total. The second-order valence-corrected chi connectivity index (χ2v) is 11.5. The lowest BCUT2D eigenvalue weighted by atomic mass is 9.70. The van der Waals surface area contributed by atoms with Gasteiger partial charge in [-0.2, -0.15) is 0 Å². The van der Waals surface area contributed by atoms with Gasteiger partial charge in [0.1, 0.15) is 22.7 Å². The summed E-state index contributed by atoms with van der Waals surface area (Å²) in [5, 5.41) is 4.76. The van der Waals surface area contributed by atoms with Crippen molar-refractivity contribution < 1.29 is 4.42 Å². The molecule has 1 aliphatic heterocycles. The van der Waals surface area contributed by atoms with Crippen LogP contribution in [0.3, 0.4) is 0 Å². The summed E-state index contributed by atoms with van der Waals surface area (Å²) in [7, 11) is 0. The van der Waals surface area contributed by atoms with Gasteiger partial charge in [0.15, 0.2) is 0 Å². The molecule has 0 saturated carbocycles. The van der Waals surface area contributed by atoms with Gasteiger partial charge in [0.25, 0.3) is 0 Å². The van der Waals surface area contributed by atoms with E-state index in [1.54, 1.807) is 0 Å². The van der Waals surface area contributed by atoms with Gasteiger partial charge in [-0.3, -0.25) is 9.98 Å². The minimum atomic E-state index is -0.450. The fourth-order valence-electron chi connectivity index (χ4n) is 7.15. The highest BCUT2D eigenvalue weighted by molar-refractivity contribution is 6.20. The monoisotopic (exact) mass is 538 g/mol. The highest BCUT2D eigenvalue weighted by Crippen LogP contribution is 2.53. The number of benzene rings is 6. The maximum atomic E-state index is 6.54. The van der Waals surface area contributed by atoms with Crippen LogP contribution in [0, 0.1) is 0 Å². The minimum Gasteiger partial charge on any atom is -0.455 e. The van der Waals surface area contributed by atoms with Crippen molar-refractivity contribution in [3.63, 3.8) is 0 Å². The van der Waals surface area contributed by atoms with Crippen LogP contribution in [0.5, 0.6) is 0 Å². The maximum absolute atomic E-state index is 6.54. The summed E-state index contributed by atoms with van der Waals surface area (Å²) in [6.45, 7) is 2.21. The summed E-state index contributed by atoms with van der Waals surface area (Å²) >= 11 is 0. The van der Waals surface area contributed by atoms with Crippen LogP contribution in [-0.4, -0.2) is 12.4 Å². The first-order valence-electron chi connectivity index (χ1n) is 14.4. The molecular weight excluding hydrogens is 512 g/mol. The molecule has 2 unspecified atom stereocenters. The van der Waals surface area contributed by atoms with Gasteiger partial charge < -0.3 is 4.42 Å². The maximum Gasteiger partial charge on any atom is 0.143 e. The van der Waals surface area contributed by atoms with Crippen LogP contribution in [0.25, 0.3) is 66.1 Å². The van der Waals surface area contributed by atoms with Crippen LogP contribution in [0.15, 0.2) is 136 Å². The fourth-order valence-corrected chi connectivity index (χ4v) is 7.15. The molecule has 1 aromatic heterocycles. The Morgan fingerprint density at radius 2 is 1.40 bits per heavy atom. The van der Waals surface area contributed by atoms with Crippen molar-refractivity contribution >= 4 is 45.1 Å². The predicted octanol–water partition coefficient (Wildman–Crippen LogP) is 10.2. The summed E-state index contributed by atoms with van der Waals surface area (Å²) in [4.78, 5) is 9.91. The zero-order valence-corrected chi connectivity index (χ0v) is 23.1. The smallest absolute Gasteiger partial charge is 0.143 e. The summed E-state index contributed by atoms with van der Waals surface area (Å²) in [6.07, 6.45) is 3.68. The molecule has 6 aromatic carbocycles. The first kappa shape index (κ1) is 23.4. The Morgan fingerprint density at radius 3 is 2.38 bits per heavy atom. The second kappa shape index (κ2) is 8.61. The number of hydrogen-bond donors (Lipinski definition) is 0. The van der Waals surface area contributed by atoms with Gasteiger partial charge >= 0.3 is 0 Å². The van der Waals surface area contributed by atoms with E-state index in [-0.39, 0.29) is 6.04 Å². The molecule has 0 spiro atoms. The highest BCUT2D eigenvalue weighted by atomic mass is 16.3. The number of aliphatic imine (C=N–C) groups is 2. The highest BCUT2D eigenvalue weighted by Gasteiger charge is 2.44. The number of rotatable bonds is 2. The second-order valence-electron chi connectivity index (χ2n) is 11.5. The van der Waals surface area contributed by atoms with Gasteiger partial charge in [0.05, 0.1) is 0 Å². The molecule has 198 valence electrons. The molecule has 0 N–H and O–H groups in total. The molecule has 1 aliphatic carbocycles. The Balaban J connectivity index is 1.21. The number of nitrogens with zero attached hydrogens (tertiary/aromatic N) is 2. The molecule has 0 amide bonds. The topological polar surface area (TPSA) is 37.9 Å². The van der Waals surface area contributed by atoms with Crippen molar-refractivity contribution in [2.45, 2.75) is 18.5 Å². The van der Waals surface area contributed by atoms with Crippen molar-refractivity contribution in [1.82, 2.24) is 0 Å². The van der Waals surface area contributed by atoms with Crippen LogP contribution in [-0.2, 0) is 5.54 Å². The van der Waals surface area contributed by atoms with Crippen LogP contribution in [0.2, 0.25) is 0 Å².